The Morgan fingerprint density at radius 2 is 1.94 bits per heavy atom. The average molecular weight is 488 g/mol. The van der Waals surface area contributed by atoms with Crippen LogP contribution < -0.4 is 11.1 Å². The van der Waals surface area contributed by atoms with Crippen LogP contribution in [0, 0.1) is 5.92 Å². The second kappa shape index (κ2) is 9.75. The lowest BCUT2D eigenvalue weighted by atomic mass is 9.80. The van der Waals surface area contributed by atoms with Gasteiger partial charge in [-0.05, 0) is 64.7 Å². The molecular weight excluding hydrogens is 450 g/mol. The van der Waals surface area contributed by atoms with Crippen LogP contribution in [-0.4, -0.2) is 62.5 Å². The quantitative estimate of drug-likeness (QED) is 0.545. The largest absolute Gasteiger partial charge is 0.481 e. The van der Waals surface area contributed by atoms with Crippen molar-refractivity contribution in [2.75, 3.05) is 18.4 Å². The van der Waals surface area contributed by atoms with E-state index < -0.39 is 22.9 Å². The van der Waals surface area contributed by atoms with Gasteiger partial charge >= 0.3 is 12.1 Å². The van der Waals surface area contributed by atoms with Gasteiger partial charge in [-0.15, -0.1) is 0 Å². The normalized spacial score (nSPS) is 20.3. The Hall–Kier alpha value is -3.30. The number of primary amides is 1. The SMILES string of the molecule is C[C@@H]1CN(C(=O)OC(C)(C)C)CC[C@H]1Nc1ccc2c(C(C)(CCC(=O)O)C(N)=O)nn(C)c2c1. The van der Waals surface area contributed by atoms with Crippen molar-refractivity contribution < 1.29 is 24.2 Å². The lowest BCUT2D eigenvalue weighted by Crippen LogP contribution is -2.48. The van der Waals surface area contributed by atoms with Gasteiger partial charge in [0.1, 0.15) is 5.60 Å². The number of amides is 2. The number of anilines is 1. The molecule has 0 radical (unpaired) electrons. The molecule has 1 aromatic heterocycles. The van der Waals surface area contributed by atoms with Gasteiger partial charge in [0.2, 0.25) is 5.91 Å². The summed E-state index contributed by atoms with van der Waals surface area (Å²) < 4.78 is 7.20. The Morgan fingerprint density at radius 3 is 2.51 bits per heavy atom. The number of carboxylic acids is 1. The molecule has 35 heavy (non-hydrogen) atoms. The summed E-state index contributed by atoms with van der Waals surface area (Å²) in [5.74, 6) is -1.38. The molecule has 4 N–H and O–H groups in total. The van der Waals surface area contributed by atoms with Crippen LogP contribution in [0.2, 0.25) is 0 Å². The van der Waals surface area contributed by atoms with Gasteiger partial charge in [0.15, 0.2) is 0 Å². The summed E-state index contributed by atoms with van der Waals surface area (Å²) >= 11 is 0. The minimum absolute atomic E-state index is 0.0670. The van der Waals surface area contributed by atoms with Crippen LogP contribution in [0.15, 0.2) is 18.2 Å². The first-order valence-corrected chi connectivity index (χ1v) is 11.9. The number of piperidine rings is 1. The number of aryl methyl sites for hydroxylation is 1. The summed E-state index contributed by atoms with van der Waals surface area (Å²) in [4.78, 5) is 37.7. The molecule has 2 aromatic rings. The summed E-state index contributed by atoms with van der Waals surface area (Å²) in [6.07, 6.45) is 0.380. The number of fused-ring (bicyclic) bond motifs is 1. The summed E-state index contributed by atoms with van der Waals surface area (Å²) in [5.41, 5.74) is 6.17. The van der Waals surface area contributed by atoms with Crippen LogP contribution in [0.4, 0.5) is 10.5 Å². The fourth-order valence-corrected chi connectivity index (χ4v) is 4.54. The Bertz CT molecular complexity index is 1120. The number of carbonyl (C=O) groups excluding carboxylic acids is 2. The number of ether oxygens (including phenoxy) is 1. The van der Waals surface area contributed by atoms with E-state index in [0.717, 1.165) is 23.0 Å². The number of rotatable bonds is 7. The third-order valence-corrected chi connectivity index (χ3v) is 6.67. The van der Waals surface area contributed by atoms with Crippen molar-refractivity contribution in [3.8, 4) is 0 Å². The molecule has 0 saturated carbocycles. The minimum atomic E-state index is -1.20. The minimum Gasteiger partial charge on any atom is -0.481 e. The monoisotopic (exact) mass is 487 g/mol. The van der Waals surface area contributed by atoms with Crippen molar-refractivity contribution in [1.29, 1.82) is 0 Å². The fourth-order valence-electron chi connectivity index (χ4n) is 4.54. The third-order valence-electron chi connectivity index (χ3n) is 6.67. The molecule has 1 aromatic carbocycles. The Morgan fingerprint density at radius 1 is 1.26 bits per heavy atom. The van der Waals surface area contributed by atoms with Gasteiger partial charge in [0, 0.05) is 43.7 Å². The highest BCUT2D eigenvalue weighted by Crippen LogP contribution is 2.35. The van der Waals surface area contributed by atoms with Crippen molar-refractivity contribution in [1.82, 2.24) is 14.7 Å². The average Bonchev–Trinajstić information content (AvgIpc) is 3.08. The van der Waals surface area contributed by atoms with Crippen LogP contribution >= 0.6 is 0 Å². The lowest BCUT2D eigenvalue weighted by molar-refractivity contribution is -0.137. The van der Waals surface area contributed by atoms with E-state index in [1.165, 1.54) is 0 Å². The van der Waals surface area contributed by atoms with E-state index in [1.54, 1.807) is 23.6 Å². The maximum atomic E-state index is 12.4. The number of nitrogens with zero attached hydrogens (tertiary/aromatic N) is 3. The van der Waals surface area contributed by atoms with E-state index in [-0.39, 0.29) is 30.9 Å². The number of benzene rings is 1. The maximum absolute atomic E-state index is 12.4. The maximum Gasteiger partial charge on any atom is 0.410 e. The zero-order valence-corrected chi connectivity index (χ0v) is 21.4. The molecule has 0 aliphatic carbocycles. The molecule has 0 spiro atoms. The topological polar surface area (TPSA) is 140 Å². The molecule has 1 aliphatic rings. The number of nitrogens with one attached hydrogen (secondary N) is 1. The fraction of sp³-hybridized carbons (Fsp3) is 0.600. The van der Waals surface area contributed by atoms with Crippen LogP contribution in [0.5, 0.6) is 0 Å². The molecule has 2 heterocycles. The van der Waals surface area contributed by atoms with Gasteiger partial charge in [0.25, 0.3) is 0 Å². The van der Waals surface area contributed by atoms with E-state index in [0.29, 0.717) is 18.8 Å². The molecule has 1 aliphatic heterocycles. The van der Waals surface area contributed by atoms with Gasteiger partial charge in [-0.2, -0.15) is 5.10 Å². The number of carbonyl (C=O) groups is 3. The Balaban J connectivity index is 1.78. The molecule has 3 atom stereocenters. The number of aromatic nitrogens is 2. The van der Waals surface area contributed by atoms with Crippen molar-refractivity contribution in [2.24, 2.45) is 18.7 Å². The van der Waals surface area contributed by atoms with Crippen molar-refractivity contribution in [3.63, 3.8) is 0 Å². The van der Waals surface area contributed by atoms with Gasteiger partial charge in [-0.3, -0.25) is 14.3 Å². The predicted octanol–water partition coefficient (Wildman–Crippen LogP) is 3.24. The lowest BCUT2D eigenvalue weighted by Gasteiger charge is -2.38. The van der Waals surface area contributed by atoms with E-state index in [9.17, 15) is 14.4 Å². The van der Waals surface area contributed by atoms with Gasteiger partial charge in [0.05, 0.1) is 16.6 Å². The molecule has 1 unspecified atom stereocenters. The highest BCUT2D eigenvalue weighted by Gasteiger charge is 2.38. The second-order valence-corrected chi connectivity index (χ2v) is 10.7. The number of hydrogen-bond donors (Lipinski definition) is 3. The molecule has 10 heteroatoms. The van der Waals surface area contributed by atoms with E-state index in [4.69, 9.17) is 15.6 Å². The molecule has 192 valence electrons. The molecular formula is C25H37N5O5. The van der Waals surface area contributed by atoms with Gasteiger partial charge in [-0.25, -0.2) is 4.79 Å². The number of carboxylic acid groups (broad SMARTS) is 1. The van der Waals surface area contributed by atoms with E-state index in [1.807, 2.05) is 39.0 Å². The second-order valence-electron chi connectivity index (χ2n) is 10.7. The molecule has 10 nitrogen and oxygen atoms in total. The predicted molar refractivity (Wildman–Crippen MR) is 133 cm³/mol. The summed E-state index contributed by atoms with van der Waals surface area (Å²) in [6.45, 7) is 10.5. The van der Waals surface area contributed by atoms with E-state index in [2.05, 4.69) is 17.3 Å². The van der Waals surface area contributed by atoms with Crippen molar-refractivity contribution in [3.05, 3.63) is 23.9 Å². The summed E-state index contributed by atoms with van der Waals surface area (Å²) in [7, 11) is 1.79. The highest BCUT2D eigenvalue weighted by atomic mass is 16.6. The molecule has 3 rings (SSSR count). The van der Waals surface area contributed by atoms with Crippen LogP contribution in [0.1, 0.15) is 59.6 Å². The zero-order valence-electron chi connectivity index (χ0n) is 21.4. The number of aliphatic carboxylic acids is 1. The molecule has 1 saturated heterocycles. The van der Waals surface area contributed by atoms with Gasteiger partial charge < -0.3 is 25.8 Å². The number of likely N-dealkylation sites (tertiary alicyclic amines) is 1. The first-order valence-electron chi connectivity index (χ1n) is 11.9. The van der Waals surface area contributed by atoms with Crippen LogP contribution in [0.25, 0.3) is 10.9 Å². The summed E-state index contributed by atoms with van der Waals surface area (Å²) in [6, 6.07) is 5.96. The Kier molecular flexibility index (Phi) is 7.33. The molecule has 2 amide bonds. The third kappa shape index (κ3) is 5.86. The highest BCUT2D eigenvalue weighted by molar-refractivity contribution is 5.94. The first kappa shape index (κ1) is 26.3. The van der Waals surface area contributed by atoms with Crippen LogP contribution in [-0.2, 0) is 26.8 Å². The first-order chi connectivity index (χ1) is 16.2. The number of hydrogen-bond acceptors (Lipinski definition) is 6. The number of nitrogens with two attached hydrogens (primary N) is 1. The van der Waals surface area contributed by atoms with Gasteiger partial charge in [-0.1, -0.05) is 6.92 Å². The molecule has 1 fully saturated rings. The zero-order chi connectivity index (χ0) is 26.1. The summed E-state index contributed by atoms with van der Waals surface area (Å²) in [5, 5.41) is 18.0. The van der Waals surface area contributed by atoms with E-state index >= 15 is 0 Å². The standard InChI is InChI=1S/C25H37N5O5/c1-15-14-30(23(34)35-24(2,3)4)12-10-18(15)27-16-7-8-17-19(13-16)29(6)28-21(17)25(5,22(26)33)11-9-20(31)32/h7-8,13,15,18,27H,9-12,14H2,1-6H3,(H2,26,33)(H,31,32)/t15-,18-,25?/m1/s1. The molecule has 0 bridgehead atoms. The van der Waals surface area contributed by atoms with Crippen LogP contribution in [0.3, 0.4) is 0 Å². The Labute approximate surface area is 205 Å². The van der Waals surface area contributed by atoms with Crippen molar-refractivity contribution >= 4 is 34.6 Å². The van der Waals surface area contributed by atoms with Crippen molar-refractivity contribution in [2.45, 2.75) is 70.9 Å². The smallest absolute Gasteiger partial charge is 0.410 e.